The molecule has 1 saturated carbocycles. The molecule has 0 saturated heterocycles. The fourth-order valence-electron chi connectivity index (χ4n) is 1.80. The quantitative estimate of drug-likeness (QED) is 0.320. The number of likely N-dealkylation sites (N-methyl/N-ethyl adjacent to an activating group) is 1. The van der Waals surface area contributed by atoms with Crippen LogP contribution >= 0.6 is 0 Å². The van der Waals surface area contributed by atoms with E-state index in [2.05, 4.69) is 5.32 Å². The molecule has 5 N–H and O–H groups in total. The lowest BCUT2D eigenvalue weighted by Crippen LogP contribution is -2.64. The molecular formula is C8H17NO4. The Morgan fingerprint density at radius 1 is 0.846 bits per heavy atom. The minimum Gasteiger partial charge on any atom is -0.391 e. The maximum Gasteiger partial charge on any atom is 0.108 e. The molecular weight excluding hydrogens is 174 g/mol. The Bertz CT molecular complexity index is 162. The van der Waals surface area contributed by atoms with Gasteiger partial charge < -0.3 is 25.7 Å². The van der Waals surface area contributed by atoms with Crippen molar-refractivity contribution in [3.05, 3.63) is 0 Å². The Morgan fingerprint density at radius 2 is 1.38 bits per heavy atom. The molecule has 5 nitrogen and oxygen atoms in total. The minimum absolute atomic E-state index is 0.448. The highest BCUT2D eigenvalue weighted by Gasteiger charge is 2.45. The zero-order valence-electron chi connectivity index (χ0n) is 7.75. The van der Waals surface area contributed by atoms with Gasteiger partial charge in [0.2, 0.25) is 0 Å². The van der Waals surface area contributed by atoms with Crippen LogP contribution < -0.4 is 5.32 Å². The fraction of sp³-hybridized carbons (Fsp3) is 1.00. The molecule has 6 atom stereocenters. The first-order chi connectivity index (χ1) is 6.00. The average molecular weight is 191 g/mol. The molecule has 0 spiro atoms. The van der Waals surface area contributed by atoms with Crippen LogP contribution in [0.3, 0.4) is 0 Å². The van der Waals surface area contributed by atoms with Gasteiger partial charge in [0.25, 0.3) is 0 Å². The van der Waals surface area contributed by atoms with Crippen molar-refractivity contribution >= 4 is 0 Å². The predicted molar refractivity (Wildman–Crippen MR) is 46.0 cm³/mol. The van der Waals surface area contributed by atoms with E-state index in [1.165, 1.54) is 0 Å². The first-order valence-corrected chi connectivity index (χ1v) is 4.40. The summed E-state index contributed by atoms with van der Waals surface area (Å²) in [6.07, 6.45) is -4.25. The van der Waals surface area contributed by atoms with Gasteiger partial charge >= 0.3 is 0 Å². The highest BCUT2D eigenvalue weighted by molar-refractivity contribution is 4.99. The largest absolute Gasteiger partial charge is 0.391 e. The molecule has 0 aliphatic heterocycles. The summed E-state index contributed by atoms with van der Waals surface area (Å²) in [6.45, 7) is 1.63. The van der Waals surface area contributed by atoms with Gasteiger partial charge in [-0.3, -0.25) is 0 Å². The number of rotatable bonds is 1. The molecule has 1 aliphatic rings. The lowest BCUT2D eigenvalue weighted by molar-refractivity contribution is -0.160. The van der Waals surface area contributed by atoms with Gasteiger partial charge in [-0.05, 0) is 7.05 Å². The third-order valence-electron chi connectivity index (χ3n) is 2.85. The van der Waals surface area contributed by atoms with E-state index in [1.807, 2.05) is 0 Å². The second kappa shape index (κ2) is 3.89. The Hall–Kier alpha value is -0.200. The summed E-state index contributed by atoms with van der Waals surface area (Å²) >= 11 is 0. The van der Waals surface area contributed by atoms with E-state index in [1.54, 1.807) is 14.0 Å². The topological polar surface area (TPSA) is 93.0 Å². The second-order valence-corrected chi connectivity index (χ2v) is 3.64. The molecule has 0 heterocycles. The number of aliphatic hydroxyl groups is 4. The van der Waals surface area contributed by atoms with Crippen LogP contribution in [-0.4, -0.2) is 57.9 Å². The van der Waals surface area contributed by atoms with Crippen molar-refractivity contribution in [2.75, 3.05) is 7.05 Å². The SMILES string of the molecule is CN[C@H]1[C@H](O)[C@@H](C)[C@H](O)[C@@H](O)[C@@H]1O. The van der Waals surface area contributed by atoms with Crippen LogP contribution in [-0.2, 0) is 0 Å². The first-order valence-electron chi connectivity index (χ1n) is 4.40. The Balaban J connectivity index is 2.79. The summed E-state index contributed by atoms with van der Waals surface area (Å²) in [5.41, 5.74) is 0. The Labute approximate surface area is 77.0 Å². The summed E-state index contributed by atoms with van der Waals surface area (Å²) in [5.74, 6) is -0.448. The molecule has 0 aromatic rings. The van der Waals surface area contributed by atoms with Gasteiger partial charge in [-0.1, -0.05) is 6.92 Å². The van der Waals surface area contributed by atoms with Crippen molar-refractivity contribution < 1.29 is 20.4 Å². The molecule has 1 aliphatic carbocycles. The van der Waals surface area contributed by atoms with Crippen LogP contribution in [0, 0.1) is 5.92 Å². The smallest absolute Gasteiger partial charge is 0.108 e. The molecule has 0 bridgehead atoms. The van der Waals surface area contributed by atoms with Crippen LogP contribution in [0.5, 0.6) is 0 Å². The van der Waals surface area contributed by atoms with Crippen molar-refractivity contribution in [3.8, 4) is 0 Å². The molecule has 78 valence electrons. The standard InChI is InChI=1S/C8H17NO4/c1-3-5(10)4(9-2)7(12)8(13)6(3)11/h3-13H,1-2H3/t3-,4+,5-,6+,7-,8-/m1/s1. The predicted octanol–water partition coefficient (Wildman–Crippen LogP) is -2.33. The van der Waals surface area contributed by atoms with E-state index in [0.717, 1.165) is 0 Å². The maximum atomic E-state index is 9.60. The summed E-state index contributed by atoms with van der Waals surface area (Å²) in [5, 5.41) is 40.6. The third kappa shape index (κ3) is 1.70. The normalized spacial score (nSPS) is 52.2. The molecule has 0 radical (unpaired) electrons. The van der Waals surface area contributed by atoms with Crippen LogP contribution in [0.1, 0.15) is 6.92 Å². The summed E-state index contributed by atoms with van der Waals surface area (Å²) in [4.78, 5) is 0. The van der Waals surface area contributed by atoms with E-state index < -0.39 is 36.4 Å². The van der Waals surface area contributed by atoms with Crippen LogP contribution in [0.15, 0.2) is 0 Å². The molecule has 0 unspecified atom stereocenters. The van der Waals surface area contributed by atoms with E-state index in [-0.39, 0.29) is 0 Å². The van der Waals surface area contributed by atoms with Crippen molar-refractivity contribution in [2.45, 2.75) is 37.4 Å². The Kier molecular flexibility index (Phi) is 3.26. The number of aliphatic hydroxyl groups excluding tert-OH is 4. The molecule has 0 aromatic heterocycles. The van der Waals surface area contributed by atoms with Crippen molar-refractivity contribution in [3.63, 3.8) is 0 Å². The monoisotopic (exact) mass is 191 g/mol. The van der Waals surface area contributed by atoms with Crippen molar-refractivity contribution in [2.24, 2.45) is 5.92 Å². The van der Waals surface area contributed by atoms with Gasteiger partial charge in [-0.2, -0.15) is 0 Å². The second-order valence-electron chi connectivity index (χ2n) is 3.64. The summed E-state index contributed by atoms with van der Waals surface area (Å²) < 4.78 is 0. The van der Waals surface area contributed by atoms with Gasteiger partial charge in [0.05, 0.1) is 18.2 Å². The van der Waals surface area contributed by atoms with Crippen molar-refractivity contribution in [1.29, 1.82) is 0 Å². The number of hydrogen-bond acceptors (Lipinski definition) is 5. The summed E-state index contributed by atoms with van der Waals surface area (Å²) in [6, 6.07) is -0.589. The van der Waals surface area contributed by atoms with Crippen LogP contribution in [0.2, 0.25) is 0 Å². The molecule has 1 rings (SSSR count). The molecule has 0 amide bonds. The van der Waals surface area contributed by atoms with Crippen molar-refractivity contribution in [1.82, 2.24) is 5.32 Å². The zero-order valence-corrected chi connectivity index (χ0v) is 7.75. The lowest BCUT2D eigenvalue weighted by atomic mass is 9.78. The van der Waals surface area contributed by atoms with E-state index in [9.17, 15) is 20.4 Å². The molecule has 1 fully saturated rings. The van der Waals surface area contributed by atoms with Gasteiger partial charge in [-0.25, -0.2) is 0 Å². The maximum absolute atomic E-state index is 9.60. The molecule has 5 heteroatoms. The fourth-order valence-corrected chi connectivity index (χ4v) is 1.80. The lowest BCUT2D eigenvalue weighted by Gasteiger charge is -2.42. The van der Waals surface area contributed by atoms with Gasteiger partial charge in [-0.15, -0.1) is 0 Å². The van der Waals surface area contributed by atoms with Crippen LogP contribution in [0.4, 0.5) is 0 Å². The van der Waals surface area contributed by atoms with Crippen LogP contribution in [0.25, 0.3) is 0 Å². The summed E-state index contributed by atoms with van der Waals surface area (Å²) in [7, 11) is 1.59. The Morgan fingerprint density at radius 3 is 1.85 bits per heavy atom. The van der Waals surface area contributed by atoms with Gasteiger partial charge in [0.15, 0.2) is 0 Å². The van der Waals surface area contributed by atoms with E-state index in [0.29, 0.717) is 0 Å². The first kappa shape index (κ1) is 10.9. The molecule has 0 aromatic carbocycles. The van der Waals surface area contributed by atoms with E-state index >= 15 is 0 Å². The highest BCUT2D eigenvalue weighted by Crippen LogP contribution is 2.25. The minimum atomic E-state index is -1.20. The van der Waals surface area contributed by atoms with E-state index in [4.69, 9.17) is 0 Å². The van der Waals surface area contributed by atoms with Gasteiger partial charge in [0.1, 0.15) is 12.2 Å². The highest BCUT2D eigenvalue weighted by atomic mass is 16.4. The van der Waals surface area contributed by atoms with Gasteiger partial charge in [0, 0.05) is 5.92 Å². The number of hydrogen-bond donors (Lipinski definition) is 5. The number of nitrogens with one attached hydrogen (secondary N) is 1. The zero-order chi connectivity index (χ0) is 10.2. The third-order valence-corrected chi connectivity index (χ3v) is 2.85. The average Bonchev–Trinajstić information content (AvgIpc) is 2.13. The molecule has 13 heavy (non-hydrogen) atoms.